The van der Waals surface area contributed by atoms with Gasteiger partial charge in [0.15, 0.2) is 0 Å². The first kappa shape index (κ1) is 13.1. The lowest BCUT2D eigenvalue weighted by molar-refractivity contribution is 0.301. The number of nitrogens with zero attached hydrogens (tertiary/aromatic N) is 1. The highest BCUT2D eigenvalue weighted by Gasteiger charge is 2.08. The van der Waals surface area contributed by atoms with Crippen LogP contribution in [0, 0.1) is 11.3 Å². The molecule has 0 aliphatic carbocycles. The minimum atomic E-state index is -0.0811. The first-order valence-electron chi connectivity index (χ1n) is 6.17. The third-order valence-electron chi connectivity index (χ3n) is 2.93. The molecule has 0 heterocycles. The second-order valence-corrected chi connectivity index (χ2v) is 4.38. The van der Waals surface area contributed by atoms with Crippen LogP contribution in [0.5, 0.6) is 5.75 Å². The third kappa shape index (κ3) is 3.12. The van der Waals surface area contributed by atoms with E-state index in [-0.39, 0.29) is 6.04 Å². The minimum Gasteiger partial charge on any atom is -0.489 e. The summed E-state index contributed by atoms with van der Waals surface area (Å²) >= 11 is 0. The van der Waals surface area contributed by atoms with Gasteiger partial charge in [-0.15, -0.1) is 0 Å². The van der Waals surface area contributed by atoms with Gasteiger partial charge in [0, 0.05) is 17.2 Å². The Kier molecular flexibility index (Phi) is 4.17. The maximum absolute atomic E-state index is 9.03. The Balaban J connectivity index is 2.18. The third-order valence-corrected chi connectivity index (χ3v) is 2.93. The van der Waals surface area contributed by atoms with Gasteiger partial charge in [0.2, 0.25) is 0 Å². The van der Waals surface area contributed by atoms with Crippen LogP contribution in [0.1, 0.15) is 29.7 Å². The van der Waals surface area contributed by atoms with Crippen molar-refractivity contribution in [3.8, 4) is 11.8 Å². The van der Waals surface area contributed by atoms with Crippen LogP contribution in [-0.2, 0) is 6.61 Å². The van der Waals surface area contributed by atoms with Crippen molar-refractivity contribution in [2.24, 2.45) is 5.73 Å². The van der Waals surface area contributed by atoms with Gasteiger partial charge in [-0.2, -0.15) is 5.26 Å². The summed E-state index contributed by atoms with van der Waals surface area (Å²) in [6.07, 6.45) is 0. The lowest BCUT2D eigenvalue weighted by atomic mass is 10.1. The molecule has 0 aliphatic heterocycles. The molecule has 0 aliphatic rings. The summed E-state index contributed by atoms with van der Waals surface area (Å²) in [5.74, 6) is 0.769. The molecule has 0 amide bonds. The van der Waals surface area contributed by atoms with E-state index in [0.29, 0.717) is 12.2 Å². The summed E-state index contributed by atoms with van der Waals surface area (Å²) in [6.45, 7) is 2.29. The Morgan fingerprint density at radius 2 is 1.84 bits per heavy atom. The van der Waals surface area contributed by atoms with Crippen LogP contribution < -0.4 is 10.5 Å². The lowest BCUT2D eigenvalue weighted by Gasteiger charge is -2.14. The number of nitrogens with two attached hydrogens (primary N) is 1. The van der Waals surface area contributed by atoms with E-state index in [1.165, 1.54) is 0 Å². The number of hydrogen-bond acceptors (Lipinski definition) is 3. The average molecular weight is 252 g/mol. The number of para-hydroxylation sites is 1. The maximum Gasteiger partial charge on any atom is 0.124 e. The zero-order valence-electron chi connectivity index (χ0n) is 10.8. The molecule has 19 heavy (non-hydrogen) atoms. The van der Waals surface area contributed by atoms with Gasteiger partial charge in [0.1, 0.15) is 12.4 Å². The van der Waals surface area contributed by atoms with Crippen LogP contribution in [0.3, 0.4) is 0 Å². The molecular weight excluding hydrogens is 236 g/mol. The Bertz CT molecular complexity index is 600. The van der Waals surface area contributed by atoms with Crippen molar-refractivity contribution in [3.05, 3.63) is 65.2 Å². The van der Waals surface area contributed by atoms with Crippen molar-refractivity contribution in [2.45, 2.75) is 19.6 Å². The van der Waals surface area contributed by atoms with Crippen molar-refractivity contribution in [1.29, 1.82) is 5.26 Å². The van der Waals surface area contributed by atoms with Crippen molar-refractivity contribution in [1.82, 2.24) is 0 Å². The maximum atomic E-state index is 9.03. The van der Waals surface area contributed by atoms with E-state index < -0.39 is 0 Å². The molecule has 2 aromatic carbocycles. The molecule has 3 heteroatoms. The van der Waals surface area contributed by atoms with Gasteiger partial charge >= 0.3 is 0 Å². The molecule has 1 atom stereocenters. The van der Waals surface area contributed by atoms with Gasteiger partial charge in [-0.1, -0.05) is 36.4 Å². The largest absolute Gasteiger partial charge is 0.489 e. The molecule has 0 saturated carbocycles. The van der Waals surface area contributed by atoms with Gasteiger partial charge < -0.3 is 10.5 Å². The summed E-state index contributed by atoms with van der Waals surface area (Å²) in [5.41, 5.74) is 8.40. The number of hydrogen-bond donors (Lipinski definition) is 1. The van der Waals surface area contributed by atoms with Gasteiger partial charge in [-0.3, -0.25) is 0 Å². The van der Waals surface area contributed by atoms with E-state index in [1.54, 1.807) is 6.07 Å². The molecular formula is C16H16N2O. The van der Waals surface area contributed by atoms with Crippen LogP contribution in [0.25, 0.3) is 0 Å². The zero-order chi connectivity index (χ0) is 13.7. The summed E-state index contributed by atoms with van der Waals surface area (Å²) in [4.78, 5) is 0. The number of ether oxygens (including phenoxy) is 1. The van der Waals surface area contributed by atoms with Crippen LogP contribution in [0.4, 0.5) is 0 Å². The molecule has 2 rings (SSSR count). The molecule has 3 nitrogen and oxygen atoms in total. The quantitative estimate of drug-likeness (QED) is 0.909. The van der Waals surface area contributed by atoms with Crippen LogP contribution in [0.15, 0.2) is 48.5 Å². The van der Waals surface area contributed by atoms with E-state index in [0.717, 1.165) is 16.9 Å². The van der Waals surface area contributed by atoms with E-state index in [2.05, 4.69) is 6.07 Å². The zero-order valence-corrected chi connectivity index (χ0v) is 10.8. The Morgan fingerprint density at radius 1 is 1.16 bits per heavy atom. The van der Waals surface area contributed by atoms with Crippen molar-refractivity contribution in [3.63, 3.8) is 0 Å². The average Bonchev–Trinajstić information content (AvgIpc) is 2.45. The van der Waals surface area contributed by atoms with E-state index in [4.69, 9.17) is 15.7 Å². The molecule has 96 valence electrons. The molecule has 0 bridgehead atoms. The predicted octanol–water partition coefficient (Wildman–Crippen LogP) is 3.16. The molecule has 0 fully saturated rings. The van der Waals surface area contributed by atoms with Crippen LogP contribution >= 0.6 is 0 Å². The van der Waals surface area contributed by atoms with Crippen molar-refractivity contribution >= 4 is 0 Å². The molecule has 0 spiro atoms. The molecule has 2 aromatic rings. The fraction of sp³-hybridized carbons (Fsp3) is 0.188. The second-order valence-electron chi connectivity index (χ2n) is 4.38. The normalized spacial score (nSPS) is 11.6. The monoisotopic (exact) mass is 252 g/mol. The van der Waals surface area contributed by atoms with Crippen molar-refractivity contribution < 1.29 is 4.74 Å². The smallest absolute Gasteiger partial charge is 0.124 e. The molecule has 0 unspecified atom stereocenters. The number of rotatable bonds is 4. The highest BCUT2D eigenvalue weighted by atomic mass is 16.5. The standard InChI is InChI=1S/C16H16N2O/c1-12(18)15-8-4-5-9-16(15)19-11-14-7-3-2-6-13(14)10-17/h2-9,12H,11,18H2,1H3/t12-/m0/s1. The van der Waals surface area contributed by atoms with E-state index in [9.17, 15) is 0 Å². The number of benzene rings is 2. The molecule has 2 N–H and O–H groups in total. The Labute approximate surface area is 113 Å². The minimum absolute atomic E-state index is 0.0811. The van der Waals surface area contributed by atoms with Crippen LogP contribution in [0.2, 0.25) is 0 Å². The predicted molar refractivity (Wildman–Crippen MR) is 74.5 cm³/mol. The molecule has 0 radical (unpaired) electrons. The highest BCUT2D eigenvalue weighted by Crippen LogP contribution is 2.24. The fourth-order valence-electron chi connectivity index (χ4n) is 1.90. The highest BCUT2D eigenvalue weighted by molar-refractivity contribution is 5.39. The van der Waals surface area contributed by atoms with Crippen molar-refractivity contribution in [2.75, 3.05) is 0 Å². The Morgan fingerprint density at radius 3 is 2.58 bits per heavy atom. The first-order chi connectivity index (χ1) is 9.22. The summed E-state index contributed by atoms with van der Waals surface area (Å²) in [5, 5.41) is 9.03. The van der Waals surface area contributed by atoms with E-state index in [1.807, 2.05) is 49.4 Å². The van der Waals surface area contributed by atoms with Crippen LogP contribution in [-0.4, -0.2) is 0 Å². The molecule has 0 saturated heterocycles. The topological polar surface area (TPSA) is 59.0 Å². The SMILES string of the molecule is C[C@H](N)c1ccccc1OCc1ccccc1C#N. The molecule has 0 aromatic heterocycles. The van der Waals surface area contributed by atoms with Gasteiger partial charge in [-0.25, -0.2) is 0 Å². The van der Waals surface area contributed by atoms with Gasteiger partial charge in [-0.05, 0) is 19.1 Å². The lowest BCUT2D eigenvalue weighted by Crippen LogP contribution is -2.08. The van der Waals surface area contributed by atoms with Gasteiger partial charge in [0.05, 0.1) is 11.6 Å². The number of nitriles is 1. The first-order valence-corrected chi connectivity index (χ1v) is 6.17. The second kappa shape index (κ2) is 6.03. The Hall–Kier alpha value is -2.31. The summed E-state index contributed by atoms with van der Waals surface area (Å²) < 4.78 is 5.80. The van der Waals surface area contributed by atoms with E-state index >= 15 is 0 Å². The van der Waals surface area contributed by atoms with Gasteiger partial charge in [0.25, 0.3) is 0 Å². The summed E-state index contributed by atoms with van der Waals surface area (Å²) in [6, 6.07) is 17.2. The fourth-order valence-corrected chi connectivity index (χ4v) is 1.90. The summed E-state index contributed by atoms with van der Waals surface area (Å²) in [7, 11) is 0.